The molecular weight excluding hydrogens is 350 g/mol. The Balaban J connectivity index is 1.97. The van der Waals surface area contributed by atoms with Crippen molar-refractivity contribution >= 4 is 21.6 Å². The highest BCUT2D eigenvalue weighted by atomic mass is 35.5. The van der Waals surface area contributed by atoms with Crippen molar-refractivity contribution in [2.75, 3.05) is 20.8 Å². The monoisotopic (exact) mass is 369 g/mol. The van der Waals surface area contributed by atoms with Gasteiger partial charge in [-0.15, -0.1) is 0 Å². The maximum atomic E-state index is 12.3. The van der Waals surface area contributed by atoms with Gasteiger partial charge in [0.25, 0.3) is 0 Å². The van der Waals surface area contributed by atoms with Gasteiger partial charge in [0.2, 0.25) is 10.0 Å². The van der Waals surface area contributed by atoms with Crippen molar-refractivity contribution in [3.05, 3.63) is 53.1 Å². The van der Waals surface area contributed by atoms with Crippen molar-refractivity contribution in [1.82, 2.24) is 4.72 Å². The predicted octanol–water partition coefficient (Wildman–Crippen LogP) is 3.27. The Kier molecular flexibility index (Phi) is 6.48. The molecule has 0 bridgehead atoms. The standard InChI is InChI=1S/C17H20ClNO4S/c1-22-16-10-9-14(12-17(16)23-2)24(20,21)19-11-5-7-13-6-3-4-8-15(13)18/h3-4,6,8-10,12,19H,5,7,11H2,1-2H3. The topological polar surface area (TPSA) is 64.6 Å². The van der Waals surface area contributed by atoms with Crippen LogP contribution in [-0.4, -0.2) is 29.2 Å². The van der Waals surface area contributed by atoms with Crippen LogP contribution in [0.15, 0.2) is 47.4 Å². The van der Waals surface area contributed by atoms with E-state index in [-0.39, 0.29) is 4.90 Å². The number of hydrogen-bond acceptors (Lipinski definition) is 4. The number of rotatable bonds is 8. The normalized spacial score (nSPS) is 11.3. The Morgan fingerprint density at radius 3 is 2.42 bits per heavy atom. The Morgan fingerprint density at radius 1 is 1.04 bits per heavy atom. The van der Waals surface area contributed by atoms with Crippen molar-refractivity contribution in [3.63, 3.8) is 0 Å². The molecule has 0 spiro atoms. The number of nitrogens with one attached hydrogen (secondary N) is 1. The van der Waals surface area contributed by atoms with Crippen LogP contribution in [0.5, 0.6) is 11.5 Å². The van der Waals surface area contributed by atoms with E-state index in [4.69, 9.17) is 21.1 Å². The lowest BCUT2D eigenvalue weighted by Gasteiger charge is -2.11. The van der Waals surface area contributed by atoms with Gasteiger partial charge in [-0.3, -0.25) is 0 Å². The zero-order chi connectivity index (χ0) is 17.6. The summed E-state index contributed by atoms with van der Waals surface area (Å²) in [5, 5.41) is 0.695. The molecule has 0 saturated heterocycles. The molecule has 1 N–H and O–H groups in total. The second kappa shape index (κ2) is 8.37. The number of sulfonamides is 1. The molecule has 130 valence electrons. The zero-order valence-corrected chi connectivity index (χ0v) is 15.2. The highest BCUT2D eigenvalue weighted by molar-refractivity contribution is 7.89. The molecule has 0 aromatic heterocycles. The first-order valence-corrected chi connectivity index (χ1v) is 9.29. The fraction of sp³-hybridized carbons (Fsp3) is 0.294. The summed E-state index contributed by atoms with van der Waals surface area (Å²) in [6.07, 6.45) is 1.35. The van der Waals surface area contributed by atoms with Crippen LogP contribution in [0.4, 0.5) is 0 Å². The van der Waals surface area contributed by atoms with Gasteiger partial charge in [0, 0.05) is 17.6 Å². The largest absolute Gasteiger partial charge is 0.493 e. The molecule has 0 aliphatic rings. The van der Waals surface area contributed by atoms with Gasteiger partial charge in [-0.05, 0) is 36.6 Å². The predicted molar refractivity (Wildman–Crippen MR) is 94.5 cm³/mol. The van der Waals surface area contributed by atoms with Crippen molar-refractivity contribution in [2.24, 2.45) is 0 Å². The molecule has 0 amide bonds. The molecule has 0 unspecified atom stereocenters. The molecule has 0 atom stereocenters. The van der Waals surface area contributed by atoms with E-state index < -0.39 is 10.0 Å². The lowest BCUT2D eigenvalue weighted by molar-refractivity contribution is 0.354. The van der Waals surface area contributed by atoms with Gasteiger partial charge in [0.1, 0.15) is 0 Å². The molecule has 7 heteroatoms. The Morgan fingerprint density at radius 2 is 1.75 bits per heavy atom. The van der Waals surface area contributed by atoms with E-state index >= 15 is 0 Å². The molecule has 0 aliphatic heterocycles. The van der Waals surface area contributed by atoms with E-state index in [0.29, 0.717) is 35.9 Å². The Bertz CT molecular complexity index is 793. The second-order valence-corrected chi connectivity index (χ2v) is 7.28. The fourth-order valence-electron chi connectivity index (χ4n) is 2.25. The summed E-state index contributed by atoms with van der Waals surface area (Å²) in [6, 6.07) is 12.0. The van der Waals surface area contributed by atoms with E-state index in [1.807, 2.05) is 24.3 Å². The summed E-state index contributed by atoms with van der Waals surface area (Å²) < 4.78 is 37.5. The van der Waals surface area contributed by atoms with Crippen molar-refractivity contribution in [3.8, 4) is 11.5 Å². The number of hydrogen-bond donors (Lipinski definition) is 1. The van der Waals surface area contributed by atoms with Crippen LogP contribution in [0.1, 0.15) is 12.0 Å². The third-order valence-electron chi connectivity index (χ3n) is 3.54. The number of halogens is 1. The average molecular weight is 370 g/mol. The minimum Gasteiger partial charge on any atom is -0.493 e. The summed E-state index contributed by atoms with van der Waals surface area (Å²) >= 11 is 6.09. The van der Waals surface area contributed by atoms with Crippen LogP contribution in [-0.2, 0) is 16.4 Å². The summed E-state index contributed by atoms with van der Waals surface area (Å²) in [7, 11) is -0.638. The van der Waals surface area contributed by atoms with Gasteiger partial charge in [-0.2, -0.15) is 0 Å². The average Bonchev–Trinajstić information content (AvgIpc) is 2.59. The van der Waals surface area contributed by atoms with E-state index in [1.165, 1.54) is 26.4 Å². The minimum absolute atomic E-state index is 0.137. The third-order valence-corrected chi connectivity index (χ3v) is 5.37. The van der Waals surface area contributed by atoms with E-state index in [9.17, 15) is 8.42 Å². The van der Waals surface area contributed by atoms with E-state index in [1.54, 1.807) is 6.07 Å². The highest BCUT2D eigenvalue weighted by Gasteiger charge is 2.16. The summed E-state index contributed by atoms with van der Waals surface area (Å²) in [4.78, 5) is 0.137. The van der Waals surface area contributed by atoms with Gasteiger partial charge in [0.15, 0.2) is 11.5 Å². The van der Waals surface area contributed by atoms with Crippen molar-refractivity contribution in [1.29, 1.82) is 0 Å². The maximum absolute atomic E-state index is 12.3. The summed E-state index contributed by atoms with van der Waals surface area (Å²) in [6.45, 7) is 0.321. The highest BCUT2D eigenvalue weighted by Crippen LogP contribution is 2.29. The number of benzene rings is 2. The van der Waals surface area contributed by atoms with Gasteiger partial charge in [-0.25, -0.2) is 13.1 Å². The molecule has 0 fully saturated rings. The maximum Gasteiger partial charge on any atom is 0.240 e. The van der Waals surface area contributed by atoms with Gasteiger partial charge in [0.05, 0.1) is 19.1 Å². The number of aryl methyl sites for hydroxylation is 1. The molecule has 5 nitrogen and oxygen atoms in total. The van der Waals surface area contributed by atoms with Gasteiger partial charge in [-0.1, -0.05) is 29.8 Å². The van der Waals surface area contributed by atoms with Crippen molar-refractivity contribution in [2.45, 2.75) is 17.7 Å². The molecule has 0 aliphatic carbocycles. The van der Waals surface area contributed by atoms with Gasteiger partial charge >= 0.3 is 0 Å². The van der Waals surface area contributed by atoms with E-state index in [0.717, 1.165) is 5.56 Å². The number of ether oxygens (including phenoxy) is 2. The molecule has 2 rings (SSSR count). The van der Waals surface area contributed by atoms with Crippen LogP contribution < -0.4 is 14.2 Å². The third kappa shape index (κ3) is 4.63. The van der Waals surface area contributed by atoms with Crippen LogP contribution in [0, 0.1) is 0 Å². The summed E-state index contributed by atoms with van der Waals surface area (Å²) in [5.41, 5.74) is 1.00. The Labute approximate surface area is 147 Å². The molecule has 2 aromatic rings. The zero-order valence-electron chi connectivity index (χ0n) is 13.6. The lowest BCUT2D eigenvalue weighted by atomic mass is 10.1. The fourth-order valence-corrected chi connectivity index (χ4v) is 3.57. The lowest BCUT2D eigenvalue weighted by Crippen LogP contribution is -2.25. The molecule has 0 radical (unpaired) electrons. The molecule has 0 saturated carbocycles. The van der Waals surface area contributed by atoms with Crippen LogP contribution in [0.25, 0.3) is 0 Å². The van der Waals surface area contributed by atoms with Gasteiger partial charge < -0.3 is 9.47 Å². The smallest absolute Gasteiger partial charge is 0.240 e. The van der Waals surface area contributed by atoms with Crippen LogP contribution in [0.3, 0.4) is 0 Å². The first-order chi connectivity index (χ1) is 11.5. The first kappa shape index (κ1) is 18.6. The van der Waals surface area contributed by atoms with Crippen molar-refractivity contribution < 1.29 is 17.9 Å². The number of methoxy groups -OCH3 is 2. The molecule has 0 heterocycles. The molecule has 24 heavy (non-hydrogen) atoms. The Hall–Kier alpha value is -1.76. The second-order valence-electron chi connectivity index (χ2n) is 5.11. The molecule has 2 aromatic carbocycles. The molecular formula is C17H20ClNO4S. The van der Waals surface area contributed by atoms with Crippen LogP contribution >= 0.6 is 11.6 Å². The SMILES string of the molecule is COc1ccc(S(=O)(=O)NCCCc2ccccc2Cl)cc1OC. The summed E-state index contributed by atoms with van der Waals surface area (Å²) in [5.74, 6) is 0.853. The van der Waals surface area contributed by atoms with E-state index in [2.05, 4.69) is 4.72 Å². The quantitative estimate of drug-likeness (QED) is 0.725. The first-order valence-electron chi connectivity index (χ1n) is 7.43. The minimum atomic E-state index is -3.60. The van der Waals surface area contributed by atoms with Crippen LogP contribution in [0.2, 0.25) is 5.02 Å².